The van der Waals surface area contributed by atoms with E-state index >= 15 is 0 Å². The maximum atomic E-state index is 12.6. The van der Waals surface area contributed by atoms with Gasteiger partial charge in [0.05, 0.1) is 0 Å². The molecule has 1 aromatic rings. The Kier molecular flexibility index (Phi) is 5.20. The van der Waals surface area contributed by atoms with Crippen molar-refractivity contribution in [1.29, 1.82) is 0 Å². The van der Waals surface area contributed by atoms with E-state index < -0.39 is 11.9 Å². The molecule has 1 aromatic carbocycles. The van der Waals surface area contributed by atoms with Crippen LogP contribution in [0.3, 0.4) is 0 Å². The van der Waals surface area contributed by atoms with Crippen LogP contribution in [0.25, 0.3) is 5.57 Å². The average Bonchev–Trinajstić information content (AvgIpc) is 2.77. The first-order valence-electron chi connectivity index (χ1n) is 5.50. The number of carboxylic acid groups (broad SMARTS) is 2. The Hall–Kier alpha value is -2.21. The highest BCUT2D eigenvalue weighted by Crippen LogP contribution is 2.19. The van der Waals surface area contributed by atoms with Gasteiger partial charge in [0.2, 0.25) is 0 Å². The van der Waals surface area contributed by atoms with Crippen LogP contribution < -0.4 is 0 Å². The second kappa shape index (κ2) is 6.65. The normalized spacial score (nSPS) is 14.3. The van der Waals surface area contributed by atoms with Gasteiger partial charge >= 0.3 is 11.9 Å². The Morgan fingerprint density at radius 3 is 2.05 bits per heavy atom. The van der Waals surface area contributed by atoms with Crippen molar-refractivity contribution in [2.45, 2.75) is 0 Å². The van der Waals surface area contributed by atoms with Gasteiger partial charge < -0.3 is 10.2 Å². The fourth-order valence-electron chi connectivity index (χ4n) is 1.56. The third-order valence-electron chi connectivity index (χ3n) is 2.49. The van der Waals surface area contributed by atoms with Gasteiger partial charge in [0.15, 0.2) is 0 Å². The number of benzene rings is 1. The summed E-state index contributed by atoms with van der Waals surface area (Å²) in [6.45, 7) is 1.96. The summed E-state index contributed by atoms with van der Waals surface area (Å²) < 4.78 is 12.6. The van der Waals surface area contributed by atoms with E-state index in [1.807, 2.05) is 12.1 Å². The third-order valence-corrected chi connectivity index (χ3v) is 2.49. The zero-order chi connectivity index (χ0) is 14.4. The predicted molar refractivity (Wildman–Crippen MR) is 67.1 cm³/mol. The molecule has 1 aliphatic rings. The molecule has 0 bridgehead atoms. The van der Waals surface area contributed by atoms with Crippen LogP contribution in [0.1, 0.15) is 5.56 Å². The first-order valence-corrected chi connectivity index (χ1v) is 5.50. The van der Waals surface area contributed by atoms with Gasteiger partial charge in [-0.15, -0.1) is 0 Å². The molecular weight excluding hydrogens is 253 g/mol. The van der Waals surface area contributed by atoms with Gasteiger partial charge in [0.25, 0.3) is 0 Å². The molecule has 0 atom stereocenters. The summed E-state index contributed by atoms with van der Waals surface area (Å²) in [4.78, 5) is 20.4. The molecule has 0 spiro atoms. The zero-order valence-corrected chi connectivity index (χ0v) is 10.3. The fourth-order valence-corrected chi connectivity index (χ4v) is 1.56. The number of hydrogen-bond donors (Lipinski definition) is 2. The van der Waals surface area contributed by atoms with Crippen LogP contribution in [-0.4, -0.2) is 47.2 Å². The summed E-state index contributed by atoms with van der Waals surface area (Å²) in [5, 5.41) is 14.8. The lowest BCUT2D eigenvalue weighted by Gasteiger charge is -2.07. The van der Waals surface area contributed by atoms with E-state index in [9.17, 15) is 4.39 Å². The molecule has 5 nitrogen and oxygen atoms in total. The van der Waals surface area contributed by atoms with E-state index in [1.54, 1.807) is 0 Å². The molecule has 2 N–H and O–H groups in total. The Morgan fingerprint density at radius 1 is 1.16 bits per heavy atom. The first-order chi connectivity index (χ1) is 8.90. The minimum absolute atomic E-state index is 0.171. The highest BCUT2D eigenvalue weighted by atomic mass is 19.1. The molecular formula is C13H14FNO4. The second-order valence-electron chi connectivity index (χ2n) is 4.04. The second-order valence-corrected chi connectivity index (χ2v) is 4.04. The van der Waals surface area contributed by atoms with E-state index in [0.29, 0.717) is 0 Å². The van der Waals surface area contributed by atoms with Gasteiger partial charge in [-0.25, -0.2) is 14.0 Å². The van der Waals surface area contributed by atoms with Crippen LogP contribution in [0.15, 0.2) is 30.3 Å². The van der Waals surface area contributed by atoms with Crippen molar-refractivity contribution >= 4 is 17.5 Å². The van der Waals surface area contributed by atoms with Crippen molar-refractivity contribution in [3.05, 3.63) is 41.7 Å². The number of carboxylic acids is 2. The van der Waals surface area contributed by atoms with Crippen molar-refractivity contribution in [3.63, 3.8) is 0 Å². The molecule has 1 aliphatic heterocycles. The van der Waals surface area contributed by atoms with Crippen molar-refractivity contribution in [2.75, 3.05) is 20.1 Å². The zero-order valence-electron chi connectivity index (χ0n) is 10.3. The highest BCUT2D eigenvalue weighted by Gasteiger charge is 2.10. The molecule has 0 unspecified atom stereocenters. The minimum atomic E-state index is -1.82. The summed E-state index contributed by atoms with van der Waals surface area (Å²) in [7, 11) is 2.08. The van der Waals surface area contributed by atoms with E-state index in [0.717, 1.165) is 18.7 Å². The van der Waals surface area contributed by atoms with Crippen molar-refractivity contribution in [2.24, 2.45) is 0 Å². The van der Waals surface area contributed by atoms with Gasteiger partial charge in [-0.05, 0) is 30.3 Å². The number of hydrogen-bond acceptors (Lipinski definition) is 3. The molecule has 0 radical (unpaired) electrons. The van der Waals surface area contributed by atoms with Gasteiger partial charge in [0, 0.05) is 13.1 Å². The summed E-state index contributed by atoms with van der Waals surface area (Å²) in [6, 6.07) is 6.68. The maximum Gasteiger partial charge on any atom is 0.414 e. The van der Waals surface area contributed by atoms with Crippen molar-refractivity contribution < 1.29 is 24.2 Å². The van der Waals surface area contributed by atoms with Gasteiger partial charge in [-0.1, -0.05) is 18.2 Å². The van der Waals surface area contributed by atoms with Crippen molar-refractivity contribution in [1.82, 2.24) is 4.90 Å². The largest absolute Gasteiger partial charge is 0.473 e. The summed E-state index contributed by atoms with van der Waals surface area (Å²) in [5.74, 6) is -3.82. The average molecular weight is 267 g/mol. The smallest absolute Gasteiger partial charge is 0.414 e. The minimum Gasteiger partial charge on any atom is -0.473 e. The lowest BCUT2D eigenvalue weighted by Crippen LogP contribution is -2.13. The number of aliphatic carboxylic acids is 2. The highest BCUT2D eigenvalue weighted by molar-refractivity contribution is 6.27. The van der Waals surface area contributed by atoms with E-state index in [1.165, 1.54) is 17.7 Å². The first kappa shape index (κ1) is 14.8. The number of nitrogens with zero attached hydrogens (tertiary/aromatic N) is 1. The van der Waals surface area contributed by atoms with Crippen LogP contribution in [0.2, 0.25) is 0 Å². The number of carbonyl (C=O) groups is 2. The monoisotopic (exact) mass is 267 g/mol. The molecule has 0 saturated heterocycles. The number of rotatable bonds is 1. The Morgan fingerprint density at radius 2 is 1.68 bits per heavy atom. The van der Waals surface area contributed by atoms with Gasteiger partial charge in [-0.2, -0.15) is 0 Å². The summed E-state index contributed by atoms with van der Waals surface area (Å²) in [5.41, 5.74) is 2.42. The lowest BCUT2D eigenvalue weighted by molar-refractivity contribution is -0.159. The molecule has 0 amide bonds. The van der Waals surface area contributed by atoms with Crippen LogP contribution in [-0.2, 0) is 9.59 Å². The number of halogens is 1. The molecule has 19 heavy (non-hydrogen) atoms. The molecule has 0 saturated carbocycles. The topological polar surface area (TPSA) is 77.8 Å². The van der Waals surface area contributed by atoms with E-state index in [4.69, 9.17) is 19.8 Å². The summed E-state index contributed by atoms with van der Waals surface area (Å²) >= 11 is 0. The molecule has 1 heterocycles. The standard InChI is InChI=1S/C11H12FN.C2H2O4/c1-13-7-6-10(8-13)9-2-4-11(12)5-3-9;3-1(4)2(5)6/h2-6H,7-8H2,1H3;(H,3,4)(H,5,6). The molecule has 102 valence electrons. The molecule has 6 heteroatoms. The molecule has 0 aliphatic carbocycles. The Bertz CT molecular complexity index is 484. The Labute approximate surface area is 109 Å². The fraction of sp³-hybridized carbons (Fsp3) is 0.231. The molecule has 0 fully saturated rings. The molecule has 2 rings (SSSR count). The lowest BCUT2D eigenvalue weighted by atomic mass is 10.1. The predicted octanol–water partition coefficient (Wildman–Crippen LogP) is 1.31. The van der Waals surface area contributed by atoms with Gasteiger partial charge in [0.1, 0.15) is 5.82 Å². The summed E-state index contributed by atoms with van der Waals surface area (Å²) in [6.07, 6.45) is 2.19. The quantitative estimate of drug-likeness (QED) is 0.750. The Balaban J connectivity index is 0.000000258. The van der Waals surface area contributed by atoms with E-state index in [-0.39, 0.29) is 5.82 Å². The third kappa shape index (κ3) is 4.89. The van der Waals surface area contributed by atoms with Crippen LogP contribution in [0.5, 0.6) is 0 Å². The maximum absolute atomic E-state index is 12.6. The van der Waals surface area contributed by atoms with Crippen LogP contribution in [0.4, 0.5) is 4.39 Å². The van der Waals surface area contributed by atoms with E-state index in [2.05, 4.69) is 18.0 Å². The van der Waals surface area contributed by atoms with Crippen LogP contribution >= 0.6 is 0 Å². The van der Waals surface area contributed by atoms with Crippen LogP contribution in [0, 0.1) is 5.82 Å². The SMILES string of the molecule is CN1CC=C(c2ccc(F)cc2)C1.O=C(O)C(=O)O. The van der Waals surface area contributed by atoms with Gasteiger partial charge in [-0.3, -0.25) is 4.90 Å². The van der Waals surface area contributed by atoms with Crippen molar-refractivity contribution in [3.8, 4) is 0 Å². The molecule has 0 aromatic heterocycles. The number of likely N-dealkylation sites (N-methyl/N-ethyl adjacent to an activating group) is 1.